The van der Waals surface area contributed by atoms with Crippen molar-refractivity contribution < 1.29 is 9.53 Å². The Balaban J connectivity index is 2.34. The van der Waals surface area contributed by atoms with Crippen LogP contribution in [0.25, 0.3) is 0 Å². The highest BCUT2D eigenvalue weighted by Crippen LogP contribution is 2.35. The maximum atomic E-state index is 11.9. The molecular weight excluding hydrogens is 226 g/mol. The number of anilines is 1. The van der Waals surface area contributed by atoms with Crippen LogP contribution in [-0.4, -0.2) is 12.7 Å². The molecule has 1 atom stereocenters. The summed E-state index contributed by atoms with van der Waals surface area (Å²) in [5.41, 5.74) is 2.03. The number of fused-ring (bicyclic) bond motifs is 1. The number of carbonyl (C=O) groups is 1. The zero-order valence-electron chi connectivity index (χ0n) is 10.5. The first-order valence-electron chi connectivity index (χ1n) is 6.12. The number of allylic oxidation sites excluding steroid dienone is 2. The van der Waals surface area contributed by atoms with Crippen molar-refractivity contribution in [2.75, 3.05) is 11.5 Å². The highest BCUT2D eigenvalue weighted by molar-refractivity contribution is 5.91. The molecule has 1 aliphatic heterocycles. The maximum absolute atomic E-state index is 11.9. The lowest BCUT2D eigenvalue weighted by molar-refractivity contribution is 0.162. The number of rotatable bonds is 3. The molecule has 1 aliphatic rings. The highest BCUT2D eigenvalue weighted by atomic mass is 16.6. The SMILES string of the molecule is C=CCC1C=CN(C(=O)OCC)c2ccccc21. The topological polar surface area (TPSA) is 29.5 Å². The summed E-state index contributed by atoms with van der Waals surface area (Å²) in [7, 11) is 0. The highest BCUT2D eigenvalue weighted by Gasteiger charge is 2.24. The molecule has 1 aromatic rings. The summed E-state index contributed by atoms with van der Waals surface area (Å²) < 4.78 is 5.05. The second kappa shape index (κ2) is 5.54. The Morgan fingerprint density at radius 3 is 3.00 bits per heavy atom. The third-order valence-electron chi connectivity index (χ3n) is 2.95. The average molecular weight is 243 g/mol. The summed E-state index contributed by atoms with van der Waals surface area (Å²) in [6.45, 7) is 5.95. The Morgan fingerprint density at radius 2 is 2.28 bits per heavy atom. The molecule has 94 valence electrons. The van der Waals surface area contributed by atoms with Gasteiger partial charge in [-0.3, -0.25) is 4.90 Å². The Morgan fingerprint density at radius 1 is 1.50 bits per heavy atom. The van der Waals surface area contributed by atoms with Crippen molar-refractivity contribution in [2.45, 2.75) is 19.3 Å². The number of benzene rings is 1. The predicted octanol–water partition coefficient (Wildman–Crippen LogP) is 3.84. The molecular formula is C15H17NO2. The van der Waals surface area contributed by atoms with Crippen molar-refractivity contribution in [2.24, 2.45) is 0 Å². The molecule has 2 rings (SSSR count). The molecule has 0 fully saturated rings. The number of ether oxygens (including phenoxy) is 1. The zero-order valence-corrected chi connectivity index (χ0v) is 10.5. The summed E-state index contributed by atoms with van der Waals surface area (Å²) in [6.07, 6.45) is 6.23. The first-order chi connectivity index (χ1) is 8.77. The second-order valence-corrected chi connectivity index (χ2v) is 4.10. The molecule has 0 spiro atoms. The second-order valence-electron chi connectivity index (χ2n) is 4.10. The normalized spacial score (nSPS) is 17.2. The van der Waals surface area contributed by atoms with Crippen molar-refractivity contribution in [3.63, 3.8) is 0 Å². The fourth-order valence-electron chi connectivity index (χ4n) is 2.13. The van der Waals surface area contributed by atoms with E-state index < -0.39 is 0 Å². The molecule has 1 unspecified atom stereocenters. The largest absolute Gasteiger partial charge is 0.449 e. The van der Waals surface area contributed by atoms with Gasteiger partial charge in [0.05, 0.1) is 12.3 Å². The smallest absolute Gasteiger partial charge is 0.418 e. The Labute approximate surface area is 107 Å². The molecule has 0 aliphatic carbocycles. The van der Waals surface area contributed by atoms with Gasteiger partial charge in [-0.15, -0.1) is 6.58 Å². The third-order valence-corrected chi connectivity index (χ3v) is 2.95. The predicted molar refractivity (Wildman–Crippen MR) is 72.6 cm³/mol. The van der Waals surface area contributed by atoms with E-state index in [2.05, 4.69) is 6.58 Å². The summed E-state index contributed by atoms with van der Waals surface area (Å²) in [4.78, 5) is 13.4. The number of hydrogen-bond acceptors (Lipinski definition) is 2. The van der Waals surface area contributed by atoms with Crippen LogP contribution >= 0.6 is 0 Å². The summed E-state index contributed by atoms with van der Waals surface area (Å²) >= 11 is 0. The average Bonchev–Trinajstić information content (AvgIpc) is 2.39. The number of nitrogens with zero attached hydrogens (tertiary/aromatic N) is 1. The number of para-hydroxylation sites is 1. The van der Waals surface area contributed by atoms with Gasteiger partial charge in [-0.25, -0.2) is 4.79 Å². The number of hydrogen-bond donors (Lipinski definition) is 0. The number of carbonyl (C=O) groups excluding carboxylic acids is 1. The van der Waals surface area contributed by atoms with Crippen molar-refractivity contribution in [1.29, 1.82) is 0 Å². The lowest BCUT2D eigenvalue weighted by Gasteiger charge is -2.28. The standard InChI is InChI=1S/C15H17NO2/c1-3-7-12-10-11-16(15(17)18-4-2)14-9-6-5-8-13(12)14/h3,5-6,8-12H,1,4,7H2,2H3. The van der Waals surface area contributed by atoms with Gasteiger partial charge in [-0.05, 0) is 25.0 Å². The van der Waals surface area contributed by atoms with Gasteiger partial charge in [0.15, 0.2) is 0 Å². The van der Waals surface area contributed by atoms with E-state index in [0.717, 1.165) is 17.7 Å². The summed E-state index contributed by atoms with van der Waals surface area (Å²) in [6, 6.07) is 7.89. The molecule has 0 bridgehead atoms. The molecule has 0 N–H and O–H groups in total. The fourth-order valence-corrected chi connectivity index (χ4v) is 2.13. The van der Waals surface area contributed by atoms with E-state index in [1.807, 2.05) is 36.4 Å². The van der Waals surface area contributed by atoms with Crippen LogP contribution in [0.3, 0.4) is 0 Å². The molecule has 0 radical (unpaired) electrons. The van der Waals surface area contributed by atoms with E-state index in [1.165, 1.54) is 0 Å². The van der Waals surface area contributed by atoms with Crippen LogP contribution in [0.15, 0.2) is 49.2 Å². The van der Waals surface area contributed by atoms with Gasteiger partial charge in [0, 0.05) is 12.1 Å². The van der Waals surface area contributed by atoms with Crippen molar-refractivity contribution in [3.8, 4) is 0 Å². The van der Waals surface area contributed by atoms with Crippen molar-refractivity contribution in [1.82, 2.24) is 0 Å². The first-order valence-corrected chi connectivity index (χ1v) is 6.12. The number of amides is 1. The molecule has 3 heteroatoms. The van der Waals surface area contributed by atoms with Crippen LogP contribution in [0, 0.1) is 0 Å². The van der Waals surface area contributed by atoms with E-state index in [0.29, 0.717) is 6.61 Å². The molecule has 1 amide bonds. The molecule has 0 saturated carbocycles. The Kier molecular flexibility index (Phi) is 3.82. The van der Waals surface area contributed by atoms with Gasteiger partial charge in [0.2, 0.25) is 0 Å². The molecule has 0 saturated heterocycles. The van der Waals surface area contributed by atoms with E-state index in [9.17, 15) is 4.79 Å². The lowest BCUT2D eigenvalue weighted by atomic mass is 9.91. The molecule has 18 heavy (non-hydrogen) atoms. The van der Waals surface area contributed by atoms with Crippen LogP contribution in [0.5, 0.6) is 0 Å². The maximum Gasteiger partial charge on any atom is 0.418 e. The monoisotopic (exact) mass is 243 g/mol. The van der Waals surface area contributed by atoms with E-state index in [4.69, 9.17) is 4.74 Å². The van der Waals surface area contributed by atoms with Crippen molar-refractivity contribution in [3.05, 3.63) is 54.8 Å². The summed E-state index contributed by atoms with van der Waals surface area (Å²) in [5, 5.41) is 0. The van der Waals surface area contributed by atoms with Gasteiger partial charge in [-0.2, -0.15) is 0 Å². The van der Waals surface area contributed by atoms with Crippen LogP contribution in [0.4, 0.5) is 10.5 Å². The van der Waals surface area contributed by atoms with Crippen molar-refractivity contribution >= 4 is 11.8 Å². The quantitative estimate of drug-likeness (QED) is 0.755. The Hall–Kier alpha value is -2.03. The van der Waals surface area contributed by atoms with Gasteiger partial charge in [0.25, 0.3) is 0 Å². The minimum absolute atomic E-state index is 0.282. The van der Waals surface area contributed by atoms with Crippen LogP contribution < -0.4 is 4.90 Å². The fraction of sp³-hybridized carbons (Fsp3) is 0.267. The lowest BCUT2D eigenvalue weighted by Crippen LogP contribution is -2.29. The van der Waals surface area contributed by atoms with Gasteiger partial charge in [0.1, 0.15) is 0 Å². The first kappa shape index (κ1) is 12.4. The minimum Gasteiger partial charge on any atom is -0.449 e. The van der Waals surface area contributed by atoms with Crippen LogP contribution in [-0.2, 0) is 4.74 Å². The van der Waals surface area contributed by atoms with E-state index in [-0.39, 0.29) is 12.0 Å². The van der Waals surface area contributed by atoms with E-state index in [1.54, 1.807) is 18.0 Å². The van der Waals surface area contributed by atoms with Gasteiger partial charge in [-0.1, -0.05) is 30.4 Å². The van der Waals surface area contributed by atoms with Crippen LogP contribution in [0.1, 0.15) is 24.8 Å². The minimum atomic E-state index is -0.335. The summed E-state index contributed by atoms with van der Waals surface area (Å²) in [5.74, 6) is 0.282. The van der Waals surface area contributed by atoms with E-state index >= 15 is 0 Å². The molecule has 1 heterocycles. The zero-order chi connectivity index (χ0) is 13.0. The Bertz CT molecular complexity index is 479. The molecule has 0 aromatic heterocycles. The van der Waals surface area contributed by atoms with Gasteiger partial charge < -0.3 is 4.74 Å². The molecule has 1 aromatic carbocycles. The molecule has 3 nitrogen and oxygen atoms in total. The third kappa shape index (κ3) is 2.30. The van der Waals surface area contributed by atoms with Gasteiger partial charge >= 0.3 is 6.09 Å². The van der Waals surface area contributed by atoms with Crippen LogP contribution in [0.2, 0.25) is 0 Å².